The number of alkyl halides is 3. The molecule has 2 heterocycles. The minimum Gasteiger partial charge on any atom is -0.352 e. The molecule has 2 N–H and O–H groups in total. The van der Waals surface area contributed by atoms with Crippen molar-refractivity contribution in [3.8, 4) is 0 Å². The predicted molar refractivity (Wildman–Crippen MR) is 91.2 cm³/mol. The largest absolute Gasteiger partial charge is 0.419 e. The van der Waals surface area contributed by atoms with E-state index < -0.39 is 11.7 Å². The second-order valence-corrected chi connectivity index (χ2v) is 6.43. The number of H-pyrrole nitrogens is 1. The Labute approximate surface area is 150 Å². The maximum atomic E-state index is 12.6. The summed E-state index contributed by atoms with van der Waals surface area (Å²) < 4.78 is 37.9. The lowest BCUT2D eigenvalue weighted by Gasteiger charge is -2.27. The van der Waals surface area contributed by atoms with E-state index in [2.05, 4.69) is 10.3 Å². The average molecular weight is 364 g/mol. The summed E-state index contributed by atoms with van der Waals surface area (Å²) in [6, 6.07) is 12.2. The van der Waals surface area contributed by atoms with Gasteiger partial charge in [0.15, 0.2) is 0 Å². The van der Waals surface area contributed by atoms with Crippen molar-refractivity contribution in [2.75, 3.05) is 18.0 Å². The highest BCUT2D eigenvalue weighted by atomic mass is 19.4. The number of hydrogen-bond donors (Lipinski definition) is 1. The highest BCUT2D eigenvalue weighted by molar-refractivity contribution is 5.78. The molecule has 1 amide bonds. The Hall–Kier alpha value is -2.57. The van der Waals surface area contributed by atoms with Crippen molar-refractivity contribution in [1.29, 1.82) is 0 Å². The van der Waals surface area contributed by atoms with Crippen molar-refractivity contribution < 1.29 is 22.9 Å². The molecule has 1 fully saturated rings. The van der Waals surface area contributed by atoms with Gasteiger partial charge < -0.3 is 5.32 Å². The van der Waals surface area contributed by atoms with Gasteiger partial charge in [-0.25, -0.2) is 4.98 Å². The van der Waals surface area contributed by atoms with Crippen molar-refractivity contribution in [3.05, 3.63) is 59.8 Å². The molecular weight excluding hydrogens is 343 g/mol. The number of hydrogen-bond acceptors (Lipinski definition) is 2. The third-order valence-corrected chi connectivity index (χ3v) is 4.64. The zero-order valence-electron chi connectivity index (χ0n) is 14.2. The second-order valence-electron chi connectivity index (χ2n) is 6.43. The quantitative estimate of drug-likeness (QED) is 0.906. The van der Waals surface area contributed by atoms with E-state index in [1.54, 1.807) is 0 Å². The number of amides is 1. The van der Waals surface area contributed by atoms with E-state index in [1.165, 1.54) is 6.07 Å². The molecule has 0 aliphatic carbocycles. The number of aromatic amines is 1. The Morgan fingerprint density at radius 3 is 2.38 bits per heavy atom. The number of benzene rings is 1. The van der Waals surface area contributed by atoms with E-state index in [1.807, 2.05) is 35.2 Å². The van der Waals surface area contributed by atoms with Gasteiger partial charge in [0.2, 0.25) is 5.91 Å². The van der Waals surface area contributed by atoms with Gasteiger partial charge >= 0.3 is 6.18 Å². The third kappa shape index (κ3) is 4.53. The number of pyridine rings is 1. The molecule has 2 aromatic rings. The first kappa shape index (κ1) is 18.2. The number of rotatable bonds is 4. The van der Waals surface area contributed by atoms with Crippen LogP contribution >= 0.6 is 0 Å². The van der Waals surface area contributed by atoms with Gasteiger partial charge in [0.25, 0.3) is 5.82 Å². The predicted octanol–water partition coefficient (Wildman–Crippen LogP) is 3.05. The maximum absolute atomic E-state index is 12.6. The first-order chi connectivity index (χ1) is 12.4. The van der Waals surface area contributed by atoms with Gasteiger partial charge in [-0.3, -0.25) is 9.69 Å². The lowest BCUT2D eigenvalue weighted by Crippen LogP contribution is -2.42. The first-order valence-electron chi connectivity index (χ1n) is 8.59. The molecule has 26 heavy (non-hydrogen) atoms. The molecule has 3 rings (SSSR count). The number of nitrogens with one attached hydrogen (secondary N) is 2. The number of carbonyl (C=O) groups excluding carboxylic acids is 1. The number of anilines is 1. The minimum atomic E-state index is -4.35. The topological polar surface area (TPSA) is 46.5 Å². The summed E-state index contributed by atoms with van der Waals surface area (Å²) in [5, 5.41) is 2.96. The molecule has 1 aromatic heterocycles. The zero-order chi connectivity index (χ0) is 18.6. The highest BCUT2D eigenvalue weighted by Gasteiger charge is 2.33. The molecule has 1 saturated heterocycles. The Morgan fingerprint density at radius 2 is 1.81 bits per heavy atom. The van der Waals surface area contributed by atoms with E-state index in [-0.39, 0.29) is 11.8 Å². The molecule has 1 aliphatic heterocycles. The molecule has 0 unspecified atom stereocenters. The molecule has 7 heteroatoms. The van der Waals surface area contributed by atoms with Gasteiger partial charge in [0.1, 0.15) is 6.20 Å². The number of nitrogens with zero attached hydrogens (tertiary/aromatic N) is 1. The fraction of sp³-hybridized carbons (Fsp3) is 0.368. The van der Waals surface area contributed by atoms with Crippen molar-refractivity contribution in [3.63, 3.8) is 0 Å². The second kappa shape index (κ2) is 7.76. The summed E-state index contributed by atoms with van der Waals surface area (Å²) >= 11 is 0. The van der Waals surface area contributed by atoms with Crippen LogP contribution in [0.3, 0.4) is 0 Å². The molecule has 1 aromatic carbocycles. The monoisotopic (exact) mass is 364 g/mol. The first-order valence-corrected chi connectivity index (χ1v) is 8.59. The van der Waals surface area contributed by atoms with Gasteiger partial charge in [0.05, 0.1) is 18.7 Å². The van der Waals surface area contributed by atoms with Crippen LogP contribution in [0, 0.1) is 5.92 Å². The van der Waals surface area contributed by atoms with Crippen LogP contribution < -0.4 is 15.2 Å². The van der Waals surface area contributed by atoms with Crippen molar-refractivity contribution in [1.82, 2.24) is 5.32 Å². The van der Waals surface area contributed by atoms with Crippen LogP contribution in [-0.4, -0.2) is 19.0 Å². The fourth-order valence-corrected chi connectivity index (χ4v) is 3.10. The van der Waals surface area contributed by atoms with Gasteiger partial charge in [-0.2, -0.15) is 13.2 Å². The molecule has 0 saturated carbocycles. The summed E-state index contributed by atoms with van der Waals surface area (Å²) in [6.45, 7) is 1.77. The van der Waals surface area contributed by atoms with Crippen LogP contribution in [0.2, 0.25) is 0 Å². The summed E-state index contributed by atoms with van der Waals surface area (Å²) in [4.78, 5) is 17.0. The van der Waals surface area contributed by atoms with Crippen molar-refractivity contribution in [2.24, 2.45) is 5.92 Å². The highest BCUT2D eigenvalue weighted by Crippen LogP contribution is 2.29. The van der Waals surface area contributed by atoms with Gasteiger partial charge in [-0.15, -0.1) is 0 Å². The Kier molecular flexibility index (Phi) is 5.44. The Morgan fingerprint density at radius 1 is 1.12 bits per heavy atom. The average Bonchev–Trinajstić information content (AvgIpc) is 2.66. The molecule has 4 nitrogen and oxygen atoms in total. The molecule has 0 atom stereocenters. The van der Waals surface area contributed by atoms with Crippen LogP contribution in [0.25, 0.3) is 0 Å². The fourth-order valence-electron chi connectivity index (χ4n) is 3.10. The third-order valence-electron chi connectivity index (χ3n) is 4.64. The van der Waals surface area contributed by atoms with Gasteiger partial charge in [0, 0.05) is 18.5 Å². The summed E-state index contributed by atoms with van der Waals surface area (Å²) in [6.07, 6.45) is -2.02. The van der Waals surface area contributed by atoms with Gasteiger partial charge in [-0.05, 0) is 24.5 Å². The standard InChI is InChI=1S/C19H20F3N3O/c20-19(21,22)16-6-7-17(23-13-16)25-10-8-15(9-11-25)18(26)24-12-14-4-2-1-3-5-14/h1-7,13,15H,8-12H2,(H,24,26)/p+1. The van der Waals surface area contributed by atoms with E-state index in [9.17, 15) is 18.0 Å². The van der Waals surface area contributed by atoms with Crippen LogP contribution in [0.5, 0.6) is 0 Å². The maximum Gasteiger partial charge on any atom is 0.419 e. The summed E-state index contributed by atoms with van der Waals surface area (Å²) in [5.41, 5.74) is 0.356. The summed E-state index contributed by atoms with van der Waals surface area (Å²) in [7, 11) is 0. The van der Waals surface area contributed by atoms with Crippen LogP contribution in [-0.2, 0) is 17.5 Å². The molecule has 138 valence electrons. The number of carbonyl (C=O) groups is 1. The van der Waals surface area contributed by atoms with Crippen LogP contribution in [0.1, 0.15) is 24.0 Å². The molecule has 1 aliphatic rings. The number of aromatic nitrogens is 1. The van der Waals surface area contributed by atoms with E-state index in [0.29, 0.717) is 38.3 Å². The Balaban J connectivity index is 1.50. The van der Waals surface area contributed by atoms with Crippen molar-refractivity contribution in [2.45, 2.75) is 25.6 Å². The van der Waals surface area contributed by atoms with Gasteiger partial charge in [-0.1, -0.05) is 30.3 Å². The Bertz CT molecular complexity index is 724. The van der Waals surface area contributed by atoms with E-state index in [0.717, 1.165) is 17.8 Å². The summed E-state index contributed by atoms with van der Waals surface area (Å²) in [5.74, 6) is 0.607. The molecule has 0 bridgehead atoms. The zero-order valence-corrected chi connectivity index (χ0v) is 14.2. The SMILES string of the molecule is O=C(NCc1ccccc1)C1CCN(c2ccc(C(F)(F)F)c[nH+]2)CC1. The van der Waals surface area contributed by atoms with Crippen LogP contribution in [0.15, 0.2) is 48.7 Å². The van der Waals surface area contributed by atoms with E-state index in [4.69, 9.17) is 0 Å². The lowest BCUT2D eigenvalue weighted by molar-refractivity contribution is -0.367. The minimum absolute atomic E-state index is 0.0323. The van der Waals surface area contributed by atoms with Crippen molar-refractivity contribution >= 4 is 11.7 Å². The smallest absolute Gasteiger partial charge is 0.352 e. The number of piperidine rings is 1. The molecular formula is C19H21F3N3O+. The number of halogens is 3. The van der Waals surface area contributed by atoms with E-state index >= 15 is 0 Å². The van der Waals surface area contributed by atoms with Crippen LogP contribution in [0.4, 0.5) is 19.0 Å². The molecule has 0 radical (unpaired) electrons. The molecule has 0 spiro atoms. The normalized spacial score (nSPS) is 15.7. The lowest BCUT2D eigenvalue weighted by atomic mass is 9.95.